The quantitative estimate of drug-likeness (QED) is 0.346. The molecule has 1 aliphatic heterocycles. The number of anilines is 1. The summed E-state index contributed by atoms with van der Waals surface area (Å²) >= 11 is 12.0. The van der Waals surface area contributed by atoms with E-state index in [0.29, 0.717) is 31.6 Å². The lowest BCUT2D eigenvalue weighted by atomic mass is 10.1. The molecular weight excluding hydrogens is 419 g/mol. The SMILES string of the molecule is N=C(C(N)=O)c1ccncc1NCC(=O)N1CCCC1C(=O)NCC1CC1(Cl)Cl. The third kappa shape index (κ3) is 4.97. The van der Waals surface area contributed by atoms with Gasteiger partial charge in [0.05, 0.1) is 18.4 Å². The number of pyridine rings is 1. The van der Waals surface area contributed by atoms with E-state index in [0.717, 1.165) is 6.42 Å². The molecule has 2 aliphatic rings. The molecule has 2 unspecified atom stereocenters. The number of rotatable bonds is 8. The normalized spacial score (nSPS) is 22.1. The van der Waals surface area contributed by atoms with Gasteiger partial charge in [-0.3, -0.25) is 24.8 Å². The molecule has 2 fully saturated rings. The van der Waals surface area contributed by atoms with Crippen LogP contribution >= 0.6 is 23.2 Å². The lowest BCUT2D eigenvalue weighted by Crippen LogP contribution is -2.48. The van der Waals surface area contributed by atoms with Crippen molar-refractivity contribution >= 4 is 52.3 Å². The summed E-state index contributed by atoms with van der Waals surface area (Å²) in [5, 5.41) is 13.5. The summed E-state index contributed by atoms with van der Waals surface area (Å²) < 4.78 is -0.761. The van der Waals surface area contributed by atoms with E-state index in [-0.39, 0.29) is 35.6 Å². The van der Waals surface area contributed by atoms with Gasteiger partial charge < -0.3 is 21.3 Å². The van der Waals surface area contributed by atoms with Gasteiger partial charge in [-0.25, -0.2) is 0 Å². The van der Waals surface area contributed by atoms with Crippen molar-refractivity contribution in [1.82, 2.24) is 15.2 Å². The molecule has 2 heterocycles. The van der Waals surface area contributed by atoms with Gasteiger partial charge in [-0.2, -0.15) is 0 Å². The Bertz CT molecular complexity index is 847. The molecule has 11 heteroatoms. The van der Waals surface area contributed by atoms with Crippen molar-refractivity contribution < 1.29 is 14.4 Å². The Morgan fingerprint density at radius 2 is 2.10 bits per heavy atom. The van der Waals surface area contributed by atoms with Crippen molar-refractivity contribution in [3.05, 3.63) is 24.0 Å². The molecule has 0 aromatic carbocycles. The zero-order valence-electron chi connectivity index (χ0n) is 15.6. The number of likely N-dealkylation sites (tertiary alicyclic amines) is 1. The van der Waals surface area contributed by atoms with Crippen LogP contribution in [0.1, 0.15) is 24.8 Å². The third-order valence-corrected chi connectivity index (χ3v) is 6.05. The number of hydrogen-bond acceptors (Lipinski definition) is 6. The number of halogens is 2. The van der Waals surface area contributed by atoms with Gasteiger partial charge >= 0.3 is 0 Å². The van der Waals surface area contributed by atoms with Crippen LogP contribution in [-0.4, -0.2) is 63.3 Å². The van der Waals surface area contributed by atoms with Crippen LogP contribution in [0.3, 0.4) is 0 Å². The van der Waals surface area contributed by atoms with E-state index in [2.05, 4.69) is 15.6 Å². The molecule has 1 aromatic rings. The molecule has 1 saturated heterocycles. The lowest BCUT2D eigenvalue weighted by Gasteiger charge is -2.24. The number of nitrogens with zero attached hydrogens (tertiary/aromatic N) is 2. The van der Waals surface area contributed by atoms with Crippen LogP contribution < -0.4 is 16.4 Å². The van der Waals surface area contributed by atoms with Crippen molar-refractivity contribution in [2.45, 2.75) is 29.6 Å². The molecule has 29 heavy (non-hydrogen) atoms. The molecular formula is C18H22Cl2N6O3. The summed E-state index contributed by atoms with van der Waals surface area (Å²) in [6.45, 7) is 0.758. The molecule has 0 bridgehead atoms. The minimum atomic E-state index is -0.879. The van der Waals surface area contributed by atoms with Gasteiger partial charge in [-0.15, -0.1) is 23.2 Å². The zero-order chi connectivity index (χ0) is 21.2. The third-order valence-electron chi connectivity index (χ3n) is 5.12. The second-order valence-electron chi connectivity index (χ2n) is 7.17. The van der Waals surface area contributed by atoms with Crippen molar-refractivity contribution in [2.75, 3.05) is 25.0 Å². The van der Waals surface area contributed by atoms with Crippen LogP contribution in [0.4, 0.5) is 5.69 Å². The van der Waals surface area contributed by atoms with Crippen LogP contribution in [0.15, 0.2) is 18.5 Å². The predicted octanol–water partition coefficient (Wildman–Crippen LogP) is 0.648. The van der Waals surface area contributed by atoms with Gasteiger partial charge in [0.2, 0.25) is 11.8 Å². The van der Waals surface area contributed by atoms with E-state index in [9.17, 15) is 14.4 Å². The number of nitrogens with one attached hydrogen (secondary N) is 3. The average molecular weight is 441 g/mol. The number of carbonyl (C=O) groups is 3. The maximum atomic E-state index is 12.7. The standard InChI is InChI=1S/C18H22Cl2N6O3/c19-18(20)6-10(18)7-25-17(29)13-2-1-5-26(13)14(27)9-24-12-8-23-4-3-11(12)15(21)16(22)28/h3-4,8,10,13,21,24H,1-2,5-7,9H2,(H2,22,28)(H,25,29). The first-order valence-corrected chi connectivity index (χ1v) is 9.98. The molecule has 1 aromatic heterocycles. The van der Waals surface area contributed by atoms with Gasteiger partial charge in [0.15, 0.2) is 0 Å². The Morgan fingerprint density at radius 1 is 1.38 bits per heavy atom. The fourth-order valence-corrected chi connectivity index (χ4v) is 3.86. The fourth-order valence-electron chi connectivity index (χ4n) is 3.33. The Morgan fingerprint density at radius 3 is 2.76 bits per heavy atom. The van der Waals surface area contributed by atoms with Gasteiger partial charge in [-0.1, -0.05) is 0 Å². The van der Waals surface area contributed by atoms with Crippen molar-refractivity contribution in [1.29, 1.82) is 5.41 Å². The van der Waals surface area contributed by atoms with Gasteiger partial charge in [0.1, 0.15) is 16.1 Å². The van der Waals surface area contributed by atoms with Crippen LogP contribution in [0.25, 0.3) is 0 Å². The van der Waals surface area contributed by atoms with Crippen LogP contribution in [0.5, 0.6) is 0 Å². The molecule has 9 nitrogen and oxygen atoms in total. The highest BCUT2D eigenvalue weighted by molar-refractivity contribution is 6.50. The first-order valence-electron chi connectivity index (χ1n) is 9.22. The first kappa shape index (κ1) is 21.3. The topological polar surface area (TPSA) is 141 Å². The lowest BCUT2D eigenvalue weighted by molar-refractivity contribution is -0.137. The predicted molar refractivity (Wildman–Crippen MR) is 109 cm³/mol. The molecule has 3 rings (SSSR count). The second-order valence-corrected chi connectivity index (χ2v) is 8.71. The van der Waals surface area contributed by atoms with E-state index in [1.54, 1.807) is 0 Å². The number of nitrogens with two attached hydrogens (primary N) is 1. The average Bonchev–Trinajstić information content (AvgIpc) is 3.07. The summed E-state index contributed by atoms with van der Waals surface area (Å²) in [5.41, 5.74) is 5.39. The van der Waals surface area contributed by atoms with Crippen molar-refractivity contribution in [3.63, 3.8) is 0 Å². The molecule has 1 saturated carbocycles. The number of alkyl halides is 2. The van der Waals surface area contributed by atoms with E-state index < -0.39 is 16.3 Å². The summed E-state index contributed by atoms with van der Waals surface area (Å²) in [4.78, 5) is 41.9. The maximum absolute atomic E-state index is 12.7. The van der Waals surface area contributed by atoms with E-state index in [1.807, 2.05) is 0 Å². The molecule has 2 atom stereocenters. The zero-order valence-corrected chi connectivity index (χ0v) is 17.1. The number of amides is 3. The monoisotopic (exact) mass is 440 g/mol. The van der Waals surface area contributed by atoms with E-state index in [1.165, 1.54) is 23.4 Å². The smallest absolute Gasteiger partial charge is 0.267 e. The first-order chi connectivity index (χ1) is 13.7. The summed E-state index contributed by atoms with van der Waals surface area (Å²) in [5.74, 6) is -1.33. The fraction of sp³-hybridized carbons (Fsp3) is 0.500. The Hall–Kier alpha value is -2.39. The molecule has 0 spiro atoms. The van der Waals surface area contributed by atoms with Crippen LogP contribution in [0.2, 0.25) is 0 Å². The summed E-state index contributed by atoms with van der Waals surface area (Å²) in [6.07, 6.45) is 4.79. The van der Waals surface area contributed by atoms with E-state index in [4.69, 9.17) is 34.3 Å². The molecule has 3 amide bonds. The number of aromatic nitrogens is 1. The van der Waals surface area contributed by atoms with Crippen molar-refractivity contribution in [3.8, 4) is 0 Å². The highest BCUT2D eigenvalue weighted by Crippen LogP contribution is 2.52. The van der Waals surface area contributed by atoms with E-state index >= 15 is 0 Å². The number of primary amides is 1. The molecule has 0 radical (unpaired) electrons. The van der Waals surface area contributed by atoms with Gasteiger partial charge in [0, 0.05) is 30.8 Å². The second kappa shape index (κ2) is 8.54. The molecule has 156 valence electrons. The number of carbonyl (C=O) groups excluding carboxylic acids is 3. The maximum Gasteiger partial charge on any atom is 0.267 e. The minimum absolute atomic E-state index is 0.0339. The Balaban J connectivity index is 1.57. The number of hydrogen-bond donors (Lipinski definition) is 4. The highest BCUT2D eigenvalue weighted by atomic mass is 35.5. The highest BCUT2D eigenvalue weighted by Gasteiger charge is 2.51. The largest absolute Gasteiger partial charge is 0.374 e. The summed E-state index contributed by atoms with van der Waals surface area (Å²) in [7, 11) is 0. The molecule has 1 aliphatic carbocycles. The summed E-state index contributed by atoms with van der Waals surface area (Å²) in [6, 6.07) is 0.929. The minimum Gasteiger partial charge on any atom is -0.374 e. The van der Waals surface area contributed by atoms with Crippen LogP contribution in [0, 0.1) is 11.3 Å². The van der Waals surface area contributed by atoms with Gasteiger partial charge in [0.25, 0.3) is 5.91 Å². The van der Waals surface area contributed by atoms with Gasteiger partial charge in [-0.05, 0) is 25.3 Å². The Labute approximate surface area is 177 Å². The van der Waals surface area contributed by atoms with Crippen LogP contribution in [-0.2, 0) is 14.4 Å². The van der Waals surface area contributed by atoms with Crippen molar-refractivity contribution in [2.24, 2.45) is 11.7 Å². The Kier molecular flexibility index (Phi) is 6.28. The molecule has 5 N–H and O–H groups in total.